The molecule has 8 heteroatoms. The van der Waals surface area contributed by atoms with Crippen molar-refractivity contribution < 1.29 is 9.59 Å². The first-order valence-corrected chi connectivity index (χ1v) is 9.64. The summed E-state index contributed by atoms with van der Waals surface area (Å²) >= 11 is 7.25. The van der Waals surface area contributed by atoms with Crippen LogP contribution >= 0.6 is 22.9 Å². The number of carbonyl (C=O) groups is 2. The van der Waals surface area contributed by atoms with Crippen LogP contribution in [0.15, 0.2) is 30.3 Å². The lowest BCUT2D eigenvalue weighted by atomic mass is 10.1. The highest BCUT2D eigenvalue weighted by atomic mass is 35.5. The van der Waals surface area contributed by atoms with Crippen molar-refractivity contribution in [1.29, 1.82) is 0 Å². The Morgan fingerprint density at radius 2 is 1.96 bits per heavy atom. The third-order valence-corrected chi connectivity index (χ3v) is 5.67. The number of anilines is 1. The van der Waals surface area contributed by atoms with Crippen molar-refractivity contribution in [2.24, 2.45) is 11.5 Å². The summed E-state index contributed by atoms with van der Waals surface area (Å²) < 4.78 is 0. The zero-order chi connectivity index (χ0) is 18.7. The van der Waals surface area contributed by atoms with Crippen LogP contribution in [0.25, 0.3) is 10.4 Å². The van der Waals surface area contributed by atoms with E-state index in [1.165, 1.54) is 11.3 Å². The Labute approximate surface area is 161 Å². The van der Waals surface area contributed by atoms with Crippen molar-refractivity contribution in [1.82, 2.24) is 4.90 Å². The molecular formula is C18H21ClN4O2S. The maximum Gasteiger partial charge on any atom is 0.317 e. The molecule has 0 unspecified atom stereocenters. The molecule has 0 radical (unpaired) electrons. The summed E-state index contributed by atoms with van der Waals surface area (Å²) in [5.74, 6) is -0.137. The Kier molecular flexibility index (Phi) is 5.80. The summed E-state index contributed by atoms with van der Waals surface area (Å²) in [6.45, 7) is 1.18. The van der Waals surface area contributed by atoms with E-state index >= 15 is 0 Å². The van der Waals surface area contributed by atoms with E-state index in [2.05, 4.69) is 5.32 Å². The summed E-state index contributed by atoms with van der Waals surface area (Å²) in [7, 11) is 0. The maximum atomic E-state index is 13.1. The average Bonchev–Trinajstić information content (AvgIpc) is 2.87. The number of likely N-dealkylation sites (tertiary alicyclic amines) is 1. The van der Waals surface area contributed by atoms with Crippen LogP contribution in [0, 0.1) is 0 Å². The monoisotopic (exact) mass is 392 g/mol. The van der Waals surface area contributed by atoms with Gasteiger partial charge in [0.15, 0.2) is 0 Å². The van der Waals surface area contributed by atoms with Crippen LogP contribution in [0.5, 0.6) is 0 Å². The van der Waals surface area contributed by atoms with Crippen LogP contribution in [0.4, 0.5) is 9.80 Å². The summed E-state index contributed by atoms with van der Waals surface area (Å²) in [4.78, 5) is 27.1. The molecule has 26 heavy (non-hydrogen) atoms. The van der Waals surface area contributed by atoms with Gasteiger partial charge >= 0.3 is 6.03 Å². The first-order valence-electron chi connectivity index (χ1n) is 8.45. The highest BCUT2D eigenvalue weighted by Gasteiger charge is 2.25. The molecule has 0 spiro atoms. The summed E-state index contributed by atoms with van der Waals surface area (Å²) in [5.41, 5.74) is 12.7. The van der Waals surface area contributed by atoms with Gasteiger partial charge in [-0.2, -0.15) is 0 Å². The van der Waals surface area contributed by atoms with E-state index < -0.39 is 6.03 Å². The number of nitrogens with two attached hydrogens (primary N) is 2. The number of thiophene rings is 1. The fraction of sp³-hybridized carbons (Fsp3) is 0.333. The van der Waals surface area contributed by atoms with Gasteiger partial charge in [-0.15, -0.1) is 11.3 Å². The Bertz CT molecular complexity index is 806. The molecule has 1 atom stereocenters. The molecule has 1 saturated heterocycles. The molecule has 1 aliphatic rings. The van der Waals surface area contributed by atoms with Gasteiger partial charge in [-0.25, -0.2) is 4.79 Å². The Balaban J connectivity index is 1.94. The zero-order valence-electron chi connectivity index (χ0n) is 14.2. The molecule has 2 heterocycles. The minimum Gasteiger partial charge on any atom is -0.351 e. The van der Waals surface area contributed by atoms with Gasteiger partial charge in [-0.1, -0.05) is 30.2 Å². The largest absolute Gasteiger partial charge is 0.351 e. The van der Waals surface area contributed by atoms with Crippen molar-refractivity contribution >= 4 is 39.9 Å². The molecule has 1 aromatic heterocycles. The number of amides is 3. The van der Waals surface area contributed by atoms with Crippen molar-refractivity contribution in [2.45, 2.75) is 25.3 Å². The number of nitrogens with zero attached hydrogens (tertiary/aromatic N) is 1. The lowest BCUT2D eigenvalue weighted by Crippen LogP contribution is -2.39. The highest BCUT2D eigenvalue weighted by molar-refractivity contribution is 7.20. The van der Waals surface area contributed by atoms with Crippen molar-refractivity contribution in [3.05, 3.63) is 40.9 Å². The van der Waals surface area contributed by atoms with E-state index in [9.17, 15) is 9.59 Å². The third kappa shape index (κ3) is 4.35. The van der Waals surface area contributed by atoms with Crippen molar-refractivity contribution in [3.8, 4) is 10.4 Å². The van der Waals surface area contributed by atoms with E-state index in [1.807, 2.05) is 12.1 Å². The SMILES string of the molecule is NC(=O)Nc1sc(-c2ccc(Cl)cc2)cc1C(=O)N1CCCC[C@H](N)C1. The van der Waals surface area contributed by atoms with Gasteiger partial charge in [0.2, 0.25) is 0 Å². The maximum absolute atomic E-state index is 13.1. The van der Waals surface area contributed by atoms with Crippen LogP contribution < -0.4 is 16.8 Å². The van der Waals surface area contributed by atoms with Gasteiger partial charge < -0.3 is 16.4 Å². The van der Waals surface area contributed by atoms with Gasteiger partial charge in [0.1, 0.15) is 5.00 Å². The quantitative estimate of drug-likeness (QED) is 0.744. The smallest absolute Gasteiger partial charge is 0.317 e. The predicted molar refractivity (Wildman–Crippen MR) is 106 cm³/mol. The minimum absolute atomic E-state index is 0.0247. The number of primary amides is 1. The Hall–Kier alpha value is -2.09. The van der Waals surface area contributed by atoms with Gasteiger partial charge in [0.25, 0.3) is 5.91 Å². The number of hydrogen-bond donors (Lipinski definition) is 3. The number of benzene rings is 1. The molecule has 0 saturated carbocycles. The molecule has 1 aromatic carbocycles. The van der Waals surface area contributed by atoms with Crippen LogP contribution in [0.2, 0.25) is 5.02 Å². The standard InChI is InChI=1S/C18H21ClN4O2S/c19-12-6-4-11(5-7-12)15-9-14(16(26-15)22-18(21)25)17(24)23-8-2-1-3-13(20)10-23/h4-7,9,13H,1-3,8,10,20H2,(H3,21,22,25)/t13-/m0/s1. The fourth-order valence-corrected chi connectivity index (χ4v) is 4.23. The topological polar surface area (TPSA) is 101 Å². The highest BCUT2D eigenvalue weighted by Crippen LogP contribution is 2.36. The molecule has 0 bridgehead atoms. The van der Waals surface area contributed by atoms with E-state index in [0.29, 0.717) is 28.7 Å². The zero-order valence-corrected chi connectivity index (χ0v) is 15.8. The van der Waals surface area contributed by atoms with Crippen LogP contribution in [-0.2, 0) is 0 Å². The van der Waals surface area contributed by atoms with Gasteiger partial charge in [0, 0.05) is 29.0 Å². The molecule has 5 N–H and O–H groups in total. The molecule has 3 rings (SSSR count). The lowest BCUT2D eigenvalue weighted by Gasteiger charge is -2.22. The van der Waals surface area contributed by atoms with Crippen molar-refractivity contribution in [2.75, 3.05) is 18.4 Å². The Morgan fingerprint density at radius 3 is 2.65 bits per heavy atom. The molecule has 138 valence electrons. The summed E-state index contributed by atoms with van der Waals surface area (Å²) in [6, 6.07) is 8.38. The molecule has 3 amide bonds. The number of rotatable bonds is 3. The molecular weight excluding hydrogens is 372 g/mol. The first kappa shape index (κ1) is 18.7. The normalized spacial score (nSPS) is 17.6. The first-order chi connectivity index (χ1) is 12.4. The van der Waals surface area contributed by atoms with Gasteiger partial charge in [0.05, 0.1) is 5.56 Å². The van der Waals surface area contributed by atoms with E-state index in [1.54, 1.807) is 23.1 Å². The number of hydrogen-bond acceptors (Lipinski definition) is 4. The second-order valence-electron chi connectivity index (χ2n) is 6.36. The second-order valence-corrected chi connectivity index (χ2v) is 7.85. The summed E-state index contributed by atoms with van der Waals surface area (Å²) in [5, 5.41) is 3.66. The van der Waals surface area contributed by atoms with E-state index in [0.717, 1.165) is 29.7 Å². The van der Waals surface area contributed by atoms with Crippen LogP contribution in [0.1, 0.15) is 29.6 Å². The fourth-order valence-electron chi connectivity index (χ4n) is 3.04. The number of halogens is 1. The van der Waals surface area contributed by atoms with Crippen LogP contribution in [0.3, 0.4) is 0 Å². The molecule has 0 aliphatic carbocycles. The Morgan fingerprint density at radius 1 is 1.23 bits per heavy atom. The third-order valence-electron chi connectivity index (χ3n) is 4.32. The average molecular weight is 393 g/mol. The molecule has 6 nitrogen and oxygen atoms in total. The minimum atomic E-state index is -0.698. The van der Waals surface area contributed by atoms with E-state index in [4.69, 9.17) is 23.1 Å². The number of carbonyl (C=O) groups excluding carboxylic acids is 2. The van der Waals surface area contributed by atoms with Crippen LogP contribution in [-0.4, -0.2) is 36.0 Å². The number of nitrogens with one attached hydrogen (secondary N) is 1. The molecule has 1 aliphatic heterocycles. The molecule has 2 aromatic rings. The predicted octanol–water partition coefficient (Wildman–Crippen LogP) is 3.51. The lowest BCUT2D eigenvalue weighted by molar-refractivity contribution is 0.0756. The van der Waals surface area contributed by atoms with E-state index in [-0.39, 0.29) is 11.9 Å². The van der Waals surface area contributed by atoms with Crippen molar-refractivity contribution in [3.63, 3.8) is 0 Å². The second kappa shape index (κ2) is 8.07. The van der Waals surface area contributed by atoms with Gasteiger partial charge in [-0.05, 0) is 36.6 Å². The molecule has 1 fully saturated rings. The summed E-state index contributed by atoms with van der Waals surface area (Å²) in [6.07, 6.45) is 2.85. The number of urea groups is 1. The van der Waals surface area contributed by atoms with Gasteiger partial charge in [-0.3, -0.25) is 10.1 Å².